The number of halogens is 1. The summed E-state index contributed by atoms with van der Waals surface area (Å²) in [6.07, 6.45) is 6.25. The van der Waals surface area contributed by atoms with Crippen molar-refractivity contribution in [1.29, 1.82) is 0 Å². The summed E-state index contributed by atoms with van der Waals surface area (Å²) in [5.74, 6) is 0.450. The van der Waals surface area contributed by atoms with Crippen LogP contribution in [-0.4, -0.2) is 34.2 Å². The van der Waals surface area contributed by atoms with E-state index >= 15 is 0 Å². The smallest absolute Gasteiger partial charge is 0.255 e. The summed E-state index contributed by atoms with van der Waals surface area (Å²) in [7, 11) is 1.72. The van der Waals surface area contributed by atoms with E-state index in [4.69, 9.17) is 9.72 Å². The summed E-state index contributed by atoms with van der Waals surface area (Å²) in [6, 6.07) is 11.5. The van der Waals surface area contributed by atoms with Crippen LogP contribution in [0.1, 0.15) is 6.42 Å². The van der Waals surface area contributed by atoms with Gasteiger partial charge < -0.3 is 9.64 Å². The van der Waals surface area contributed by atoms with Crippen LogP contribution in [0.2, 0.25) is 0 Å². The van der Waals surface area contributed by atoms with Gasteiger partial charge in [-0.2, -0.15) is 0 Å². The van der Waals surface area contributed by atoms with Crippen molar-refractivity contribution < 1.29 is 9.13 Å². The Kier molecular flexibility index (Phi) is 5.37. The quantitative estimate of drug-likeness (QED) is 0.624. The van der Waals surface area contributed by atoms with Crippen LogP contribution in [0.25, 0.3) is 11.3 Å². The van der Waals surface area contributed by atoms with Crippen molar-refractivity contribution in [2.75, 3.05) is 24.6 Å². The molecule has 29 heavy (non-hydrogen) atoms. The van der Waals surface area contributed by atoms with Crippen molar-refractivity contribution in [2.45, 2.75) is 6.42 Å². The second-order valence-electron chi connectivity index (χ2n) is 6.87. The number of hydrogen-bond donors (Lipinski definition) is 0. The van der Waals surface area contributed by atoms with Gasteiger partial charge in [0.15, 0.2) is 11.6 Å². The fraction of sp³-hybridized carbons (Fsp3) is 0.227. The molecule has 0 atom stereocenters. The minimum absolute atomic E-state index is 0.125. The Bertz CT molecular complexity index is 1100. The molecule has 2 aromatic heterocycles. The van der Waals surface area contributed by atoms with E-state index in [1.54, 1.807) is 42.2 Å². The molecule has 0 radical (unpaired) electrons. The molecule has 0 spiro atoms. The summed E-state index contributed by atoms with van der Waals surface area (Å²) in [5, 5.41) is 0. The maximum atomic E-state index is 13.8. The molecule has 1 aliphatic rings. The van der Waals surface area contributed by atoms with Crippen molar-refractivity contribution in [3.05, 3.63) is 82.7 Å². The Morgan fingerprint density at radius 2 is 1.97 bits per heavy atom. The average Bonchev–Trinajstić information content (AvgIpc) is 2.76. The minimum Gasteiger partial charge on any atom is -0.486 e. The fourth-order valence-corrected chi connectivity index (χ4v) is 3.30. The highest BCUT2D eigenvalue weighted by Gasteiger charge is 2.19. The highest BCUT2D eigenvalue weighted by Crippen LogP contribution is 2.22. The second-order valence-corrected chi connectivity index (χ2v) is 6.87. The number of para-hydroxylation sites is 1. The molecule has 0 aliphatic carbocycles. The third-order valence-electron chi connectivity index (χ3n) is 4.85. The van der Waals surface area contributed by atoms with Gasteiger partial charge in [0.1, 0.15) is 6.61 Å². The van der Waals surface area contributed by atoms with Crippen LogP contribution >= 0.6 is 0 Å². The molecule has 0 unspecified atom stereocenters. The van der Waals surface area contributed by atoms with Crippen LogP contribution in [-0.2, 0) is 7.05 Å². The molecule has 1 aliphatic heterocycles. The lowest BCUT2D eigenvalue weighted by atomic mass is 10.1. The number of rotatable bonds is 5. The zero-order chi connectivity index (χ0) is 20.2. The molecule has 0 amide bonds. The Balaban J connectivity index is 1.54. The molecule has 6 nitrogen and oxygen atoms in total. The number of anilines is 1. The maximum Gasteiger partial charge on any atom is 0.255 e. The molecule has 1 aromatic carbocycles. The van der Waals surface area contributed by atoms with Crippen LogP contribution in [0.15, 0.2) is 71.3 Å². The number of pyridine rings is 1. The zero-order valence-corrected chi connectivity index (χ0v) is 16.1. The Morgan fingerprint density at radius 3 is 2.76 bits per heavy atom. The van der Waals surface area contributed by atoms with Gasteiger partial charge in [-0.1, -0.05) is 18.2 Å². The van der Waals surface area contributed by atoms with E-state index in [0.717, 1.165) is 24.1 Å². The van der Waals surface area contributed by atoms with Crippen molar-refractivity contribution in [3.63, 3.8) is 0 Å². The highest BCUT2D eigenvalue weighted by molar-refractivity contribution is 5.59. The monoisotopic (exact) mass is 392 g/mol. The number of ether oxygens (including phenoxy) is 1. The molecule has 148 valence electrons. The van der Waals surface area contributed by atoms with Crippen LogP contribution in [0.5, 0.6) is 5.75 Å². The van der Waals surface area contributed by atoms with Crippen LogP contribution in [0, 0.1) is 5.82 Å². The van der Waals surface area contributed by atoms with E-state index < -0.39 is 0 Å². The predicted octanol–water partition coefficient (Wildman–Crippen LogP) is 3.20. The number of nitrogens with zero attached hydrogens (tertiary/aromatic N) is 4. The van der Waals surface area contributed by atoms with E-state index in [9.17, 15) is 9.18 Å². The minimum atomic E-state index is -0.380. The van der Waals surface area contributed by atoms with Gasteiger partial charge in [-0.15, -0.1) is 0 Å². The summed E-state index contributed by atoms with van der Waals surface area (Å²) < 4.78 is 21.0. The molecular formula is C22H21FN4O2. The fourth-order valence-electron chi connectivity index (χ4n) is 3.30. The Hall–Kier alpha value is -3.48. The summed E-state index contributed by atoms with van der Waals surface area (Å²) in [6.45, 7) is 1.59. The van der Waals surface area contributed by atoms with Gasteiger partial charge in [-0.05, 0) is 36.3 Å². The molecule has 0 fully saturated rings. The molecule has 3 heterocycles. The molecule has 7 heteroatoms. The second kappa shape index (κ2) is 8.26. The van der Waals surface area contributed by atoms with E-state index in [2.05, 4.69) is 11.1 Å². The van der Waals surface area contributed by atoms with Gasteiger partial charge in [0, 0.05) is 44.2 Å². The van der Waals surface area contributed by atoms with Crippen molar-refractivity contribution in [2.24, 2.45) is 7.05 Å². The van der Waals surface area contributed by atoms with Crippen molar-refractivity contribution in [1.82, 2.24) is 14.5 Å². The highest BCUT2D eigenvalue weighted by atomic mass is 19.1. The molecule has 4 rings (SSSR count). The first-order valence-electron chi connectivity index (χ1n) is 9.40. The SMILES string of the molecule is Cn1c(N2CCC=C(COc3ccccc3F)C2)nc(-c2ccncc2)cc1=O. The van der Waals surface area contributed by atoms with Gasteiger partial charge >= 0.3 is 0 Å². The first kappa shape index (κ1) is 18.9. The van der Waals surface area contributed by atoms with Gasteiger partial charge in [0.05, 0.1) is 5.69 Å². The molecule has 0 saturated carbocycles. The van der Waals surface area contributed by atoms with Gasteiger partial charge in [0.25, 0.3) is 5.56 Å². The third kappa shape index (κ3) is 4.18. The number of hydrogen-bond acceptors (Lipinski definition) is 5. The lowest BCUT2D eigenvalue weighted by Gasteiger charge is -2.29. The molecule has 0 saturated heterocycles. The Labute approximate surface area is 167 Å². The van der Waals surface area contributed by atoms with Crippen molar-refractivity contribution >= 4 is 5.95 Å². The molecular weight excluding hydrogens is 371 g/mol. The Morgan fingerprint density at radius 1 is 1.17 bits per heavy atom. The van der Waals surface area contributed by atoms with Gasteiger partial charge in [-0.25, -0.2) is 9.37 Å². The molecule has 0 N–H and O–H groups in total. The maximum absolute atomic E-state index is 13.8. The van der Waals surface area contributed by atoms with Crippen molar-refractivity contribution in [3.8, 4) is 17.0 Å². The normalized spacial score (nSPS) is 13.9. The van der Waals surface area contributed by atoms with Crippen LogP contribution in [0.3, 0.4) is 0 Å². The lowest BCUT2D eigenvalue weighted by molar-refractivity contribution is 0.328. The van der Waals surface area contributed by atoms with Gasteiger partial charge in [0.2, 0.25) is 5.95 Å². The van der Waals surface area contributed by atoms with Crippen LogP contribution < -0.4 is 15.2 Å². The van der Waals surface area contributed by atoms with E-state index in [-0.39, 0.29) is 23.7 Å². The first-order chi connectivity index (χ1) is 14.1. The van der Waals surface area contributed by atoms with Gasteiger partial charge in [-0.3, -0.25) is 14.3 Å². The summed E-state index contributed by atoms with van der Waals surface area (Å²) in [5.41, 5.74) is 2.35. The lowest BCUT2D eigenvalue weighted by Crippen LogP contribution is -2.36. The topological polar surface area (TPSA) is 60.2 Å². The average molecular weight is 392 g/mol. The molecule has 3 aromatic rings. The summed E-state index contributed by atoms with van der Waals surface area (Å²) in [4.78, 5) is 23.3. The number of benzene rings is 1. The zero-order valence-electron chi connectivity index (χ0n) is 16.1. The molecule has 0 bridgehead atoms. The number of aromatic nitrogens is 3. The predicted molar refractivity (Wildman–Crippen MR) is 110 cm³/mol. The van der Waals surface area contributed by atoms with E-state index in [1.165, 1.54) is 12.1 Å². The standard InChI is InChI=1S/C22H21FN4O2/c1-26-21(28)13-19(17-8-10-24-11-9-17)25-22(26)27-12-4-5-16(14-27)15-29-20-7-3-2-6-18(20)23/h2-3,5-11,13H,4,12,14-15H2,1H3. The first-order valence-corrected chi connectivity index (χ1v) is 9.40. The third-order valence-corrected chi connectivity index (χ3v) is 4.85. The van der Waals surface area contributed by atoms with E-state index in [0.29, 0.717) is 18.2 Å². The summed E-state index contributed by atoms with van der Waals surface area (Å²) >= 11 is 0. The van der Waals surface area contributed by atoms with Crippen LogP contribution in [0.4, 0.5) is 10.3 Å². The largest absolute Gasteiger partial charge is 0.486 e. The van der Waals surface area contributed by atoms with E-state index in [1.807, 2.05) is 17.0 Å².